The molecule has 4 rings (SSSR count). The van der Waals surface area contributed by atoms with Crippen LogP contribution in [0, 0.1) is 13.8 Å². The van der Waals surface area contributed by atoms with Crippen molar-refractivity contribution in [3.8, 4) is 22.8 Å². The number of thiazole rings is 1. The monoisotopic (exact) mass is 402 g/mol. The highest BCUT2D eigenvalue weighted by molar-refractivity contribution is 7.92. The molecule has 0 saturated heterocycles. The fraction of sp³-hybridized carbons (Fsp3) is 0.211. The molecule has 0 saturated carbocycles. The van der Waals surface area contributed by atoms with Gasteiger partial charge in [0, 0.05) is 17.0 Å². The summed E-state index contributed by atoms with van der Waals surface area (Å²) in [4.78, 5) is 4.66. The van der Waals surface area contributed by atoms with E-state index in [1.165, 1.54) is 11.3 Å². The third-order valence-corrected chi connectivity index (χ3v) is 6.48. The highest BCUT2D eigenvalue weighted by Crippen LogP contribution is 2.34. The number of fused-ring (bicyclic) bond motifs is 1. The van der Waals surface area contributed by atoms with Gasteiger partial charge in [0.2, 0.25) is 0 Å². The number of hydrogen-bond donors (Lipinski definition) is 1. The van der Waals surface area contributed by atoms with Crippen molar-refractivity contribution in [3.05, 3.63) is 52.3 Å². The SMILES string of the molecule is Cc1nc(-c2ccc(C)c(S(=O)(=O)Nc3ccc4c(c3)OCCO4)c2)cs1. The Morgan fingerprint density at radius 1 is 1.04 bits per heavy atom. The second-order valence-electron chi connectivity index (χ2n) is 6.20. The molecule has 0 unspecified atom stereocenters. The van der Waals surface area contributed by atoms with E-state index in [-0.39, 0.29) is 4.90 Å². The molecule has 1 aliphatic heterocycles. The Labute approximate surface area is 161 Å². The first kappa shape index (κ1) is 17.8. The summed E-state index contributed by atoms with van der Waals surface area (Å²) < 4.78 is 39.6. The van der Waals surface area contributed by atoms with E-state index in [2.05, 4.69) is 9.71 Å². The molecule has 3 aromatic rings. The number of anilines is 1. The molecule has 0 aliphatic carbocycles. The lowest BCUT2D eigenvalue weighted by molar-refractivity contribution is 0.171. The number of nitrogens with zero attached hydrogens (tertiary/aromatic N) is 1. The predicted molar refractivity (Wildman–Crippen MR) is 105 cm³/mol. The molecule has 27 heavy (non-hydrogen) atoms. The summed E-state index contributed by atoms with van der Waals surface area (Å²) in [5, 5.41) is 2.86. The molecule has 8 heteroatoms. The Morgan fingerprint density at radius 2 is 1.81 bits per heavy atom. The number of sulfonamides is 1. The number of aromatic nitrogens is 1. The van der Waals surface area contributed by atoms with Gasteiger partial charge >= 0.3 is 0 Å². The number of rotatable bonds is 4. The fourth-order valence-electron chi connectivity index (χ4n) is 2.86. The van der Waals surface area contributed by atoms with Crippen LogP contribution in [0.25, 0.3) is 11.3 Å². The molecule has 1 N–H and O–H groups in total. The Balaban J connectivity index is 1.67. The van der Waals surface area contributed by atoms with Crippen LogP contribution in [0.15, 0.2) is 46.7 Å². The molecule has 0 atom stereocenters. The molecular formula is C19H18N2O4S2. The lowest BCUT2D eigenvalue weighted by Gasteiger charge is -2.19. The molecule has 0 amide bonds. The first-order valence-corrected chi connectivity index (χ1v) is 10.7. The van der Waals surface area contributed by atoms with Crippen molar-refractivity contribution in [2.24, 2.45) is 0 Å². The van der Waals surface area contributed by atoms with Crippen molar-refractivity contribution in [3.63, 3.8) is 0 Å². The van der Waals surface area contributed by atoms with E-state index in [9.17, 15) is 8.42 Å². The summed E-state index contributed by atoms with van der Waals surface area (Å²) in [5.74, 6) is 1.14. The van der Waals surface area contributed by atoms with Gasteiger partial charge in [0.25, 0.3) is 10.0 Å². The van der Waals surface area contributed by atoms with Crippen molar-refractivity contribution >= 4 is 27.0 Å². The second-order valence-corrected chi connectivity index (χ2v) is 8.91. The van der Waals surface area contributed by atoms with Crippen molar-refractivity contribution < 1.29 is 17.9 Å². The lowest BCUT2D eigenvalue weighted by atomic mass is 10.1. The Bertz CT molecular complexity index is 1110. The maximum atomic E-state index is 13.0. The summed E-state index contributed by atoms with van der Waals surface area (Å²) in [6.45, 7) is 4.62. The molecule has 1 aromatic heterocycles. The highest BCUT2D eigenvalue weighted by atomic mass is 32.2. The van der Waals surface area contributed by atoms with Crippen molar-refractivity contribution in [2.75, 3.05) is 17.9 Å². The van der Waals surface area contributed by atoms with Crippen LogP contribution in [0.4, 0.5) is 5.69 Å². The normalized spacial score (nSPS) is 13.4. The minimum atomic E-state index is -3.76. The van der Waals surface area contributed by atoms with Crippen molar-refractivity contribution in [1.82, 2.24) is 4.98 Å². The van der Waals surface area contributed by atoms with E-state index < -0.39 is 10.0 Å². The summed E-state index contributed by atoms with van der Waals surface area (Å²) >= 11 is 1.53. The summed E-state index contributed by atoms with van der Waals surface area (Å²) in [6, 6.07) is 10.3. The number of benzene rings is 2. The van der Waals surface area contributed by atoms with Crippen LogP contribution in [-0.2, 0) is 10.0 Å². The molecule has 1 aliphatic rings. The predicted octanol–water partition coefficient (Wildman–Crippen LogP) is 4.00. The zero-order valence-electron chi connectivity index (χ0n) is 14.9. The molecule has 140 valence electrons. The topological polar surface area (TPSA) is 77.5 Å². The third kappa shape index (κ3) is 3.63. The van der Waals surface area contributed by atoms with Crippen LogP contribution in [-0.4, -0.2) is 26.6 Å². The lowest BCUT2D eigenvalue weighted by Crippen LogP contribution is -2.17. The van der Waals surface area contributed by atoms with Crippen LogP contribution >= 0.6 is 11.3 Å². The van der Waals surface area contributed by atoms with Gasteiger partial charge in [-0.15, -0.1) is 11.3 Å². The number of nitrogens with one attached hydrogen (secondary N) is 1. The number of hydrogen-bond acceptors (Lipinski definition) is 6. The molecule has 6 nitrogen and oxygen atoms in total. The Morgan fingerprint density at radius 3 is 2.56 bits per heavy atom. The molecule has 2 heterocycles. The van der Waals surface area contributed by atoms with Crippen LogP contribution in [0.3, 0.4) is 0 Å². The minimum Gasteiger partial charge on any atom is -0.486 e. The zero-order valence-corrected chi connectivity index (χ0v) is 16.5. The molecule has 2 aromatic carbocycles. The van der Waals surface area contributed by atoms with Crippen molar-refractivity contribution in [2.45, 2.75) is 18.7 Å². The van der Waals surface area contributed by atoms with E-state index in [0.29, 0.717) is 36.0 Å². The third-order valence-electron chi connectivity index (χ3n) is 4.19. The molecular weight excluding hydrogens is 384 g/mol. The van der Waals surface area contributed by atoms with Gasteiger partial charge in [-0.3, -0.25) is 4.72 Å². The van der Waals surface area contributed by atoms with E-state index in [1.807, 2.05) is 18.4 Å². The van der Waals surface area contributed by atoms with Crippen LogP contribution < -0.4 is 14.2 Å². The van der Waals surface area contributed by atoms with E-state index in [1.54, 1.807) is 37.3 Å². The summed E-state index contributed by atoms with van der Waals surface area (Å²) in [6.07, 6.45) is 0. The molecule has 0 fully saturated rings. The van der Waals surface area contributed by atoms with Gasteiger partial charge in [-0.2, -0.15) is 0 Å². The standard InChI is InChI=1S/C19H18N2O4S2/c1-12-3-4-14(16-11-26-13(2)20-16)9-19(12)27(22,23)21-15-5-6-17-18(10-15)25-8-7-24-17/h3-6,9-11,21H,7-8H2,1-2H3. The van der Waals surface area contributed by atoms with Crippen LogP contribution in [0.2, 0.25) is 0 Å². The minimum absolute atomic E-state index is 0.223. The van der Waals surface area contributed by atoms with Gasteiger partial charge in [-0.05, 0) is 37.6 Å². The first-order chi connectivity index (χ1) is 12.9. The zero-order chi connectivity index (χ0) is 19.0. The van der Waals surface area contributed by atoms with Gasteiger partial charge in [0.15, 0.2) is 11.5 Å². The van der Waals surface area contributed by atoms with E-state index in [0.717, 1.165) is 16.3 Å². The van der Waals surface area contributed by atoms with Crippen molar-refractivity contribution in [1.29, 1.82) is 0 Å². The molecule has 0 radical (unpaired) electrons. The maximum absolute atomic E-state index is 13.0. The average molecular weight is 402 g/mol. The Hall–Kier alpha value is -2.58. The highest BCUT2D eigenvalue weighted by Gasteiger charge is 2.20. The number of ether oxygens (including phenoxy) is 2. The van der Waals surface area contributed by atoms with E-state index in [4.69, 9.17) is 9.47 Å². The van der Waals surface area contributed by atoms with Crippen LogP contribution in [0.1, 0.15) is 10.6 Å². The molecule has 0 spiro atoms. The second kappa shape index (κ2) is 6.86. The van der Waals surface area contributed by atoms with Gasteiger partial charge in [0.05, 0.1) is 21.3 Å². The Kier molecular flexibility index (Phi) is 4.53. The summed E-state index contributed by atoms with van der Waals surface area (Å²) in [7, 11) is -3.76. The maximum Gasteiger partial charge on any atom is 0.262 e. The van der Waals surface area contributed by atoms with Gasteiger partial charge in [-0.1, -0.05) is 12.1 Å². The van der Waals surface area contributed by atoms with Crippen LogP contribution in [0.5, 0.6) is 11.5 Å². The number of aryl methyl sites for hydroxylation is 2. The molecule has 0 bridgehead atoms. The largest absolute Gasteiger partial charge is 0.486 e. The van der Waals surface area contributed by atoms with E-state index >= 15 is 0 Å². The van der Waals surface area contributed by atoms with Gasteiger partial charge in [0.1, 0.15) is 13.2 Å². The van der Waals surface area contributed by atoms with Gasteiger partial charge < -0.3 is 9.47 Å². The smallest absolute Gasteiger partial charge is 0.262 e. The quantitative estimate of drug-likeness (QED) is 0.714. The fourth-order valence-corrected chi connectivity index (χ4v) is 4.81. The average Bonchev–Trinajstić information content (AvgIpc) is 3.08. The first-order valence-electron chi connectivity index (χ1n) is 8.38. The summed E-state index contributed by atoms with van der Waals surface area (Å²) in [5.41, 5.74) is 2.63. The van der Waals surface area contributed by atoms with Gasteiger partial charge in [-0.25, -0.2) is 13.4 Å².